The molecule has 20 heteroatoms. The first-order chi connectivity index (χ1) is 22.9. The maximum absolute atomic E-state index is 10.2. The number of hydrogen-bond acceptors (Lipinski definition) is 12. The van der Waals surface area contributed by atoms with Gasteiger partial charge in [-0.3, -0.25) is 16.3 Å². The maximum atomic E-state index is 10.2. The largest absolute Gasteiger partial charge is 3.00 e. The minimum absolute atomic E-state index is 0. The van der Waals surface area contributed by atoms with Crippen molar-refractivity contribution in [2.75, 3.05) is 19.6 Å². The molecule has 2 saturated heterocycles. The number of nitrogens with zero attached hydrogens (tertiary/aromatic N) is 9. The van der Waals surface area contributed by atoms with Crippen LogP contribution in [-0.4, -0.2) is 55.3 Å². The summed E-state index contributed by atoms with van der Waals surface area (Å²) >= 11 is 0. The van der Waals surface area contributed by atoms with E-state index in [0.29, 0.717) is 51.7 Å². The summed E-state index contributed by atoms with van der Waals surface area (Å²) in [5.41, 5.74) is 28.4. The molecule has 1 radical (unpaired) electrons. The second-order valence-electron chi connectivity index (χ2n) is 11.3. The Balaban J connectivity index is 0. The minimum atomic E-state index is -0.168. The van der Waals surface area contributed by atoms with E-state index in [9.17, 15) is 14.7 Å². The SMILES string of the molecule is CC(N=O)=C(C)NN=C(N)C1C=CCC[N-]1.CC(N=O)=C(C)NN=C(N)C1CCCC[N-]1.CC(N=O)=C(C)NN=C(N)C1CCCC[N-]1.[Ni+2].[Ni+3]. The zero-order chi connectivity index (χ0) is 35.9. The van der Waals surface area contributed by atoms with Gasteiger partial charge >= 0.3 is 33.0 Å². The molecular weight excluding hydrogens is 736 g/mol. The van der Waals surface area contributed by atoms with Crippen molar-refractivity contribution < 1.29 is 33.0 Å². The zero-order valence-corrected chi connectivity index (χ0v) is 31.5. The summed E-state index contributed by atoms with van der Waals surface area (Å²) in [5, 5.41) is 33.4. The van der Waals surface area contributed by atoms with Crippen molar-refractivity contribution in [1.82, 2.24) is 16.3 Å². The number of hydrazone groups is 3. The number of amidine groups is 3. The van der Waals surface area contributed by atoms with Crippen molar-refractivity contribution in [2.24, 2.45) is 48.0 Å². The zero-order valence-electron chi connectivity index (χ0n) is 29.6. The summed E-state index contributed by atoms with van der Waals surface area (Å²) in [6, 6.07) is -0.143. The predicted molar refractivity (Wildman–Crippen MR) is 194 cm³/mol. The third-order valence-electron chi connectivity index (χ3n) is 7.49. The fourth-order valence-electron chi connectivity index (χ4n) is 3.93. The average Bonchev–Trinajstić information content (AvgIpc) is 3.14. The summed E-state index contributed by atoms with van der Waals surface area (Å²) in [5.74, 6) is 1.32. The topological polar surface area (TPSA) is 282 Å². The van der Waals surface area contributed by atoms with Crippen LogP contribution < -0.4 is 33.5 Å². The van der Waals surface area contributed by atoms with Crippen LogP contribution in [0.4, 0.5) is 0 Å². The smallest absolute Gasteiger partial charge is 0.653 e. The molecule has 3 aliphatic heterocycles. The van der Waals surface area contributed by atoms with Crippen LogP contribution in [0, 0.1) is 14.7 Å². The molecule has 50 heavy (non-hydrogen) atoms. The maximum Gasteiger partial charge on any atom is 3.00 e. The van der Waals surface area contributed by atoms with E-state index < -0.39 is 0 Å². The van der Waals surface area contributed by atoms with Crippen molar-refractivity contribution in [3.8, 4) is 0 Å². The first-order valence-corrected chi connectivity index (χ1v) is 15.9. The molecule has 3 heterocycles. The fraction of sp³-hybridized carbons (Fsp3) is 0.633. The van der Waals surface area contributed by atoms with Gasteiger partial charge in [0.25, 0.3) is 0 Å². The Kier molecular flexibility index (Phi) is 27.4. The molecular formula is C30H52N15Ni2O3+2. The van der Waals surface area contributed by atoms with Crippen LogP contribution in [0.1, 0.15) is 86.5 Å². The van der Waals surface area contributed by atoms with E-state index in [0.717, 1.165) is 64.6 Å². The van der Waals surface area contributed by atoms with Gasteiger partial charge in [-0.1, -0.05) is 75.2 Å². The van der Waals surface area contributed by atoms with Crippen LogP contribution in [-0.2, 0) is 33.0 Å². The average molecular weight is 788 g/mol. The number of nitroso groups, excluding NO2 is 3. The molecule has 2 fully saturated rings. The van der Waals surface area contributed by atoms with Gasteiger partial charge < -0.3 is 33.2 Å². The Morgan fingerprint density at radius 3 is 1.28 bits per heavy atom. The number of nitrogens with one attached hydrogen (secondary N) is 3. The van der Waals surface area contributed by atoms with E-state index in [4.69, 9.17) is 17.2 Å². The Hall–Kier alpha value is -3.56. The third kappa shape index (κ3) is 19.6. The first kappa shape index (κ1) is 48.6. The monoisotopic (exact) mass is 786 g/mol. The molecule has 3 aliphatic rings. The van der Waals surface area contributed by atoms with Gasteiger partial charge in [0.05, 0.1) is 17.1 Å². The molecule has 3 atom stereocenters. The van der Waals surface area contributed by atoms with Crippen LogP contribution >= 0.6 is 0 Å². The molecule has 9 N–H and O–H groups in total. The molecule has 0 aromatic rings. The Morgan fingerprint density at radius 1 is 0.600 bits per heavy atom. The van der Waals surface area contributed by atoms with Crippen molar-refractivity contribution in [3.05, 3.63) is 77.0 Å². The predicted octanol–water partition coefficient (Wildman–Crippen LogP) is 5.15. The van der Waals surface area contributed by atoms with Gasteiger partial charge in [0.1, 0.15) is 34.6 Å². The molecule has 3 rings (SSSR count). The second kappa shape index (κ2) is 28.2. The molecule has 0 saturated carbocycles. The first-order valence-electron chi connectivity index (χ1n) is 15.9. The molecule has 18 nitrogen and oxygen atoms in total. The van der Waals surface area contributed by atoms with Crippen molar-refractivity contribution in [2.45, 2.75) is 105 Å². The summed E-state index contributed by atoms with van der Waals surface area (Å²) < 4.78 is 0. The molecule has 0 bridgehead atoms. The summed E-state index contributed by atoms with van der Waals surface area (Å²) in [7, 11) is 0. The van der Waals surface area contributed by atoms with Crippen LogP contribution in [0.2, 0.25) is 0 Å². The molecule has 0 amide bonds. The van der Waals surface area contributed by atoms with Crippen LogP contribution in [0.3, 0.4) is 0 Å². The van der Waals surface area contributed by atoms with E-state index in [1.54, 1.807) is 41.5 Å². The van der Waals surface area contributed by atoms with Crippen molar-refractivity contribution in [1.29, 1.82) is 0 Å². The van der Waals surface area contributed by atoms with Gasteiger partial charge in [-0.2, -0.15) is 15.3 Å². The normalized spacial score (nSPS) is 22.4. The summed E-state index contributed by atoms with van der Waals surface area (Å²) in [4.78, 5) is 30.7. The minimum Gasteiger partial charge on any atom is -0.653 e. The van der Waals surface area contributed by atoms with Gasteiger partial charge in [-0.25, -0.2) is 0 Å². The van der Waals surface area contributed by atoms with E-state index >= 15 is 0 Å². The van der Waals surface area contributed by atoms with E-state index in [-0.39, 0.29) is 51.1 Å². The number of hydrogen-bond donors (Lipinski definition) is 6. The number of allylic oxidation sites excluding steroid dienone is 6. The Labute approximate surface area is 315 Å². The third-order valence-corrected chi connectivity index (χ3v) is 7.49. The summed E-state index contributed by atoms with van der Waals surface area (Å²) in [6.07, 6.45) is 11.3. The standard InChI is InChI=1S/2C10H18N5O.C10H16N5O.2Ni/c3*1-7(8(2)15-16)13-14-10(11)9-5-3-4-6-12-9;;/h2*9,13H,3-6H2,1-2H3,(H2,11,14);3,5,9,13H,4,6H2,1-2H3,(H2,11,14);;/q3*-1;+2;+3. The molecule has 0 aliphatic carbocycles. The number of rotatable bonds is 12. The van der Waals surface area contributed by atoms with Crippen LogP contribution in [0.25, 0.3) is 16.0 Å². The van der Waals surface area contributed by atoms with E-state index in [1.807, 2.05) is 12.2 Å². The quantitative estimate of drug-likeness (QED) is 0.0380. The number of piperidine rings is 2. The van der Waals surface area contributed by atoms with Gasteiger partial charge in [-0.05, 0) is 57.1 Å². The van der Waals surface area contributed by atoms with Gasteiger partial charge in [0.2, 0.25) is 0 Å². The van der Waals surface area contributed by atoms with Crippen molar-refractivity contribution >= 4 is 17.5 Å². The van der Waals surface area contributed by atoms with Crippen molar-refractivity contribution in [3.63, 3.8) is 0 Å². The van der Waals surface area contributed by atoms with Crippen LogP contribution in [0.15, 0.2) is 77.2 Å². The number of nitrogens with two attached hydrogens (primary N) is 3. The second-order valence-corrected chi connectivity index (χ2v) is 11.3. The van der Waals surface area contributed by atoms with E-state index in [1.165, 1.54) is 0 Å². The molecule has 0 spiro atoms. The molecule has 283 valence electrons. The van der Waals surface area contributed by atoms with Gasteiger partial charge in [0.15, 0.2) is 0 Å². The Morgan fingerprint density at radius 2 is 0.980 bits per heavy atom. The van der Waals surface area contributed by atoms with Gasteiger partial charge in [0, 0.05) is 0 Å². The molecule has 0 aromatic carbocycles. The van der Waals surface area contributed by atoms with Gasteiger partial charge in [-0.15, -0.1) is 34.4 Å². The van der Waals surface area contributed by atoms with Crippen LogP contribution in [0.5, 0.6) is 0 Å². The fourth-order valence-corrected chi connectivity index (χ4v) is 3.93. The summed E-state index contributed by atoms with van der Waals surface area (Å²) in [6.45, 7) is 12.5. The molecule has 0 aromatic heterocycles. The van der Waals surface area contributed by atoms with E-state index in [2.05, 4.69) is 63.1 Å². The Bertz CT molecular complexity index is 1210. The molecule has 3 unspecified atom stereocenters.